The van der Waals surface area contributed by atoms with Gasteiger partial charge in [0.05, 0.1) is 5.52 Å². The van der Waals surface area contributed by atoms with Crippen molar-refractivity contribution in [1.29, 1.82) is 0 Å². The van der Waals surface area contributed by atoms with Crippen LogP contribution in [0.4, 0.5) is 5.82 Å². The van der Waals surface area contributed by atoms with Crippen LogP contribution < -0.4 is 5.32 Å². The molecule has 0 bridgehead atoms. The third-order valence-corrected chi connectivity index (χ3v) is 3.41. The smallest absolute Gasteiger partial charge is 0.277 e. The summed E-state index contributed by atoms with van der Waals surface area (Å²) in [5.74, 6) is 0.765. The van der Waals surface area contributed by atoms with Gasteiger partial charge in [0.25, 0.3) is 5.91 Å². The summed E-state index contributed by atoms with van der Waals surface area (Å²) in [5.41, 5.74) is 2.73. The molecule has 1 N–H and O–H groups in total. The Morgan fingerprint density at radius 3 is 2.48 bits per heavy atom. The molecule has 0 fully saturated rings. The minimum atomic E-state index is -0.254. The number of carbonyl (C=O) groups excluding carboxylic acids is 1. The van der Waals surface area contributed by atoms with Gasteiger partial charge in [-0.3, -0.25) is 9.48 Å². The van der Waals surface area contributed by atoms with E-state index < -0.39 is 0 Å². The molecule has 1 aromatic carbocycles. The minimum absolute atomic E-state index is 0.254. The molecule has 5 nitrogen and oxygen atoms in total. The number of nitrogens with zero attached hydrogens (tertiary/aromatic N) is 3. The lowest BCUT2D eigenvalue weighted by atomic mass is 10.2. The zero-order chi connectivity index (χ0) is 20.1. The maximum Gasteiger partial charge on any atom is 0.277 e. The van der Waals surface area contributed by atoms with Gasteiger partial charge in [0, 0.05) is 30.0 Å². The SMILES string of the molecule is C=CC.Cl/C=C/CCl.Cn1nc(C(=O)Nc2ccccn2)c2ccccc21. The number of carbonyl (C=O) groups is 1. The third kappa shape index (κ3) is 7.25. The Kier molecular flexibility index (Phi) is 10.5. The lowest BCUT2D eigenvalue weighted by molar-refractivity contribution is 0.102. The van der Waals surface area contributed by atoms with E-state index in [9.17, 15) is 4.79 Å². The maximum atomic E-state index is 12.2. The summed E-state index contributed by atoms with van der Waals surface area (Å²) in [4.78, 5) is 16.3. The molecular weight excluding hydrogens is 383 g/mol. The summed E-state index contributed by atoms with van der Waals surface area (Å²) in [6.45, 7) is 5.25. The fourth-order valence-corrected chi connectivity index (χ4v) is 2.30. The highest BCUT2D eigenvalue weighted by atomic mass is 35.5. The summed E-state index contributed by atoms with van der Waals surface area (Å²) < 4.78 is 1.70. The lowest BCUT2D eigenvalue weighted by Gasteiger charge is -2.01. The molecule has 27 heavy (non-hydrogen) atoms. The van der Waals surface area contributed by atoms with Crippen LogP contribution in [0.2, 0.25) is 0 Å². The van der Waals surface area contributed by atoms with Crippen molar-refractivity contribution in [2.24, 2.45) is 7.05 Å². The monoisotopic (exact) mass is 404 g/mol. The standard InChI is InChI=1S/C14H12N4O.C3H4Cl2.C3H6/c1-18-11-7-3-2-6-10(11)13(17-18)14(19)16-12-8-4-5-9-15-12;4-2-1-3-5;1-3-2/h2-9H,1H3,(H,15,16,19);1-2H,3H2;3H,1H2,2H3/b;2-1+;. The Hall–Kier alpha value is -2.63. The van der Waals surface area contributed by atoms with Gasteiger partial charge in [0.1, 0.15) is 5.82 Å². The Labute approximate surface area is 169 Å². The average molecular weight is 405 g/mol. The maximum absolute atomic E-state index is 12.2. The summed E-state index contributed by atoms with van der Waals surface area (Å²) in [6.07, 6.45) is 5.04. The number of halogens is 2. The molecule has 0 saturated heterocycles. The molecule has 0 atom stereocenters. The highest BCUT2D eigenvalue weighted by Crippen LogP contribution is 2.18. The molecule has 1 amide bonds. The van der Waals surface area contributed by atoms with Crippen LogP contribution in [0.25, 0.3) is 10.9 Å². The molecule has 0 aliphatic rings. The van der Waals surface area contributed by atoms with Gasteiger partial charge in [-0.15, -0.1) is 18.2 Å². The second kappa shape index (κ2) is 12.7. The second-order valence-electron chi connectivity index (χ2n) is 5.08. The zero-order valence-corrected chi connectivity index (χ0v) is 16.8. The van der Waals surface area contributed by atoms with Crippen LogP contribution in [0.15, 0.2) is 72.9 Å². The number of anilines is 1. The van der Waals surface area contributed by atoms with Crippen molar-refractivity contribution in [3.05, 3.63) is 78.6 Å². The first-order valence-electron chi connectivity index (χ1n) is 8.11. The molecule has 7 heteroatoms. The van der Waals surface area contributed by atoms with Crippen molar-refractivity contribution >= 4 is 45.8 Å². The predicted octanol–water partition coefficient (Wildman–Crippen LogP) is 5.39. The quantitative estimate of drug-likeness (QED) is 0.470. The summed E-state index contributed by atoms with van der Waals surface area (Å²) >= 11 is 10.2. The average Bonchev–Trinajstić information content (AvgIpc) is 3.02. The van der Waals surface area contributed by atoms with Crippen LogP contribution >= 0.6 is 23.2 Å². The van der Waals surface area contributed by atoms with Crippen molar-refractivity contribution < 1.29 is 4.79 Å². The van der Waals surface area contributed by atoms with Crippen LogP contribution in [0.1, 0.15) is 17.4 Å². The fourth-order valence-electron chi connectivity index (χ4n) is 2.03. The van der Waals surface area contributed by atoms with Gasteiger partial charge in [-0.2, -0.15) is 5.10 Å². The fraction of sp³-hybridized carbons (Fsp3) is 0.150. The van der Waals surface area contributed by atoms with Crippen LogP contribution in [-0.4, -0.2) is 26.6 Å². The number of aromatic nitrogens is 3. The van der Waals surface area contributed by atoms with E-state index in [0.29, 0.717) is 17.4 Å². The first-order valence-corrected chi connectivity index (χ1v) is 9.08. The number of nitrogens with one attached hydrogen (secondary N) is 1. The Morgan fingerprint density at radius 2 is 1.93 bits per heavy atom. The highest BCUT2D eigenvalue weighted by Gasteiger charge is 2.15. The number of pyridine rings is 1. The lowest BCUT2D eigenvalue weighted by Crippen LogP contribution is -2.14. The number of rotatable bonds is 3. The number of hydrogen-bond donors (Lipinski definition) is 1. The normalized spacial score (nSPS) is 9.78. The van der Waals surface area contributed by atoms with Gasteiger partial charge in [0.2, 0.25) is 0 Å². The predicted molar refractivity (Wildman–Crippen MR) is 114 cm³/mol. The van der Waals surface area contributed by atoms with Crippen LogP contribution in [-0.2, 0) is 7.05 Å². The molecule has 0 aliphatic carbocycles. The van der Waals surface area contributed by atoms with Crippen LogP contribution in [0.5, 0.6) is 0 Å². The molecule has 3 rings (SSSR count). The molecule has 0 spiro atoms. The van der Waals surface area contributed by atoms with Crippen LogP contribution in [0, 0.1) is 0 Å². The first-order chi connectivity index (χ1) is 13.1. The number of alkyl halides is 1. The highest BCUT2D eigenvalue weighted by molar-refractivity contribution is 6.26. The molecule has 0 saturated carbocycles. The van der Waals surface area contributed by atoms with E-state index in [0.717, 1.165) is 10.9 Å². The van der Waals surface area contributed by atoms with Gasteiger partial charge in [-0.05, 0) is 25.1 Å². The molecule has 0 unspecified atom stereocenters. The zero-order valence-electron chi connectivity index (χ0n) is 15.3. The van der Waals surface area contributed by atoms with Crippen molar-refractivity contribution in [3.63, 3.8) is 0 Å². The van der Waals surface area contributed by atoms with E-state index in [1.165, 1.54) is 5.54 Å². The first kappa shape index (κ1) is 22.4. The third-order valence-electron chi connectivity index (χ3n) is 3.06. The van der Waals surface area contributed by atoms with Crippen molar-refractivity contribution in [1.82, 2.24) is 14.8 Å². The van der Waals surface area contributed by atoms with Gasteiger partial charge >= 0.3 is 0 Å². The number of benzene rings is 1. The second-order valence-corrected chi connectivity index (χ2v) is 5.64. The van der Waals surface area contributed by atoms with E-state index in [2.05, 4.69) is 22.0 Å². The largest absolute Gasteiger partial charge is 0.305 e. The van der Waals surface area contributed by atoms with Crippen molar-refractivity contribution in [3.8, 4) is 0 Å². The number of para-hydroxylation sites is 1. The van der Waals surface area contributed by atoms with Crippen LogP contribution in [0.3, 0.4) is 0 Å². The number of fused-ring (bicyclic) bond motifs is 1. The molecule has 2 aromatic heterocycles. The molecule has 0 radical (unpaired) electrons. The molecule has 3 aromatic rings. The summed E-state index contributed by atoms with van der Waals surface area (Å²) in [7, 11) is 1.82. The van der Waals surface area contributed by atoms with E-state index in [1.807, 2.05) is 44.3 Å². The van der Waals surface area contributed by atoms with E-state index in [1.54, 1.807) is 35.2 Å². The number of hydrogen-bond acceptors (Lipinski definition) is 3. The van der Waals surface area contributed by atoms with Crippen molar-refractivity contribution in [2.45, 2.75) is 6.92 Å². The van der Waals surface area contributed by atoms with Gasteiger partial charge in [-0.1, -0.05) is 48.0 Å². The summed E-state index contributed by atoms with van der Waals surface area (Å²) in [5, 5.41) is 7.83. The number of allylic oxidation sites excluding steroid dienone is 2. The summed E-state index contributed by atoms with van der Waals surface area (Å²) in [6, 6.07) is 13.0. The van der Waals surface area contributed by atoms with Gasteiger partial charge < -0.3 is 5.32 Å². The Balaban J connectivity index is 0.000000390. The topological polar surface area (TPSA) is 59.8 Å². The molecular formula is C20H22Cl2N4O. The molecule has 0 aliphatic heterocycles. The van der Waals surface area contributed by atoms with E-state index in [-0.39, 0.29) is 5.91 Å². The van der Waals surface area contributed by atoms with E-state index in [4.69, 9.17) is 23.2 Å². The number of aryl methyl sites for hydroxylation is 1. The van der Waals surface area contributed by atoms with Crippen molar-refractivity contribution in [2.75, 3.05) is 11.2 Å². The Morgan fingerprint density at radius 1 is 1.26 bits per heavy atom. The van der Waals surface area contributed by atoms with Gasteiger partial charge in [-0.25, -0.2) is 4.98 Å². The van der Waals surface area contributed by atoms with E-state index >= 15 is 0 Å². The van der Waals surface area contributed by atoms with Gasteiger partial charge in [0.15, 0.2) is 5.69 Å². The minimum Gasteiger partial charge on any atom is -0.305 e. The molecule has 2 heterocycles. The Bertz CT molecular complexity index is 876. The molecule has 142 valence electrons. The number of amides is 1.